The van der Waals surface area contributed by atoms with Crippen molar-refractivity contribution in [2.75, 3.05) is 6.61 Å². The monoisotopic (exact) mass is 272 g/mol. The van der Waals surface area contributed by atoms with Crippen LogP contribution in [0.5, 0.6) is 0 Å². The lowest BCUT2D eigenvalue weighted by Crippen LogP contribution is -2.13. The smallest absolute Gasteiger partial charge is 0.354 e. The van der Waals surface area contributed by atoms with Gasteiger partial charge in [-0.25, -0.2) is 9.18 Å². The average molecular weight is 272 g/mol. The van der Waals surface area contributed by atoms with Crippen LogP contribution in [0.2, 0.25) is 0 Å². The van der Waals surface area contributed by atoms with E-state index in [0.717, 1.165) is 0 Å². The fraction of sp³-hybridized carbons (Fsp3) is 0.200. The standard InChI is InChI=1S/C15H13FN2O2/c1-2-20-15(19)13-7-4-8-18(13)10-12-6-3-5-11(9-17)14(12)16/h3-8H,2,10H2,1H3. The Balaban J connectivity index is 2.30. The first-order valence-electron chi connectivity index (χ1n) is 6.17. The number of nitrogens with zero attached hydrogens (tertiary/aromatic N) is 2. The van der Waals surface area contributed by atoms with E-state index in [1.165, 1.54) is 6.07 Å². The second-order valence-electron chi connectivity index (χ2n) is 4.13. The fourth-order valence-electron chi connectivity index (χ4n) is 1.91. The molecule has 0 N–H and O–H groups in total. The third-order valence-corrected chi connectivity index (χ3v) is 2.85. The van der Waals surface area contributed by atoms with Crippen molar-refractivity contribution in [2.45, 2.75) is 13.5 Å². The van der Waals surface area contributed by atoms with Crippen LogP contribution in [0.1, 0.15) is 28.5 Å². The Morgan fingerprint density at radius 3 is 2.90 bits per heavy atom. The van der Waals surface area contributed by atoms with Gasteiger partial charge in [-0.05, 0) is 25.1 Å². The number of nitriles is 1. The summed E-state index contributed by atoms with van der Waals surface area (Å²) in [7, 11) is 0. The average Bonchev–Trinajstić information content (AvgIpc) is 2.90. The molecule has 20 heavy (non-hydrogen) atoms. The van der Waals surface area contributed by atoms with Crippen LogP contribution in [0.3, 0.4) is 0 Å². The molecule has 0 atom stereocenters. The van der Waals surface area contributed by atoms with E-state index in [9.17, 15) is 9.18 Å². The number of carbonyl (C=O) groups is 1. The summed E-state index contributed by atoms with van der Waals surface area (Å²) in [5.41, 5.74) is 0.701. The zero-order chi connectivity index (χ0) is 14.5. The maximum Gasteiger partial charge on any atom is 0.354 e. The van der Waals surface area contributed by atoms with Crippen LogP contribution in [-0.4, -0.2) is 17.1 Å². The Bertz CT molecular complexity index is 671. The third kappa shape index (κ3) is 2.69. The molecule has 0 radical (unpaired) electrons. The number of halogens is 1. The second kappa shape index (κ2) is 6.02. The molecule has 102 valence electrons. The number of hydrogen-bond acceptors (Lipinski definition) is 3. The lowest BCUT2D eigenvalue weighted by atomic mass is 10.1. The van der Waals surface area contributed by atoms with Gasteiger partial charge in [-0.1, -0.05) is 12.1 Å². The van der Waals surface area contributed by atoms with Gasteiger partial charge in [-0.3, -0.25) is 0 Å². The topological polar surface area (TPSA) is 55.0 Å². The summed E-state index contributed by atoms with van der Waals surface area (Å²) in [5.74, 6) is -1.01. The van der Waals surface area contributed by atoms with Gasteiger partial charge in [-0.15, -0.1) is 0 Å². The molecule has 2 aromatic rings. The van der Waals surface area contributed by atoms with Crippen molar-refractivity contribution in [1.29, 1.82) is 5.26 Å². The van der Waals surface area contributed by atoms with Crippen LogP contribution in [0.15, 0.2) is 36.5 Å². The summed E-state index contributed by atoms with van der Waals surface area (Å²) in [6.07, 6.45) is 1.67. The summed E-state index contributed by atoms with van der Waals surface area (Å²) < 4.78 is 20.5. The highest BCUT2D eigenvalue weighted by atomic mass is 19.1. The van der Waals surface area contributed by atoms with Gasteiger partial charge in [-0.2, -0.15) is 5.26 Å². The van der Waals surface area contributed by atoms with Crippen LogP contribution in [-0.2, 0) is 11.3 Å². The van der Waals surface area contributed by atoms with Crippen molar-refractivity contribution in [3.8, 4) is 6.07 Å². The van der Waals surface area contributed by atoms with Gasteiger partial charge in [0, 0.05) is 11.8 Å². The predicted molar refractivity (Wildman–Crippen MR) is 70.6 cm³/mol. The summed E-state index contributed by atoms with van der Waals surface area (Å²) in [5, 5.41) is 8.81. The number of hydrogen-bond donors (Lipinski definition) is 0. The van der Waals surface area contributed by atoms with Crippen LogP contribution >= 0.6 is 0 Å². The van der Waals surface area contributed by atoms with Gasteiger partial charge in [0.25, 0.3) is 0 Å². The van der Waals surface area contributed by atoms with Crippen LogP contribution in [0.4, 0.5) is 4.39 Å². The molecule has 1 aromatic heterocycles. The molecule has 0 saturated heterocycles. The summed E-state index contributed by atoms with van der Waals surface area (Å²) >= 11 is 0. The zero-order valence-electron chi connectivity index (χ0n) is 11.0. The maximum absolute atomic E-state index is 14.0. The molecule has 0 amide bonds. The van der Waals surface area contributed by atoms with Crippen molar-refractivity contribution in [3.05, 3.63) is 59.2 Å². The van der Waals surface area contributed by atoms with E-state index < -0.39 is 11.8 Å². The molecule has 1 aromatic carbocycles. The Morgan fingerprint density at radius 1 is 1.40 bits per heavy atom. The lowest BCUT2D eigenvalue weighted by molar-refractivity contribution is 0.0514. The van der Waals surface area contributed by atoms with Crippen molar-refractivity contribution < 1.29 is 13.9 Å². The molecule has 0 saturated carbocycles. The van der Waals surface area contributed by atoms with E-state index in [4.69, 9.17) is 10.00 Å². The van der Waals surface area contributed by atoms with E-state index in [1.54, 1.807) is 48.0 Å². The van der Waals surface area contributed by atoms with Gasteiger partial charge in [0.05, 0.1) is 18.7 Å². The molecular weight excluding hydrogens is 259 g/mol. The minimum absolute atomic E-state index is 0.00709. The highest BCUT2D eigenvalue weighted by molar-refractivity contribution is 5.87. The number of rotatable bonds is 4. The molecule has 5 heteroatoms. The number of ether oxygens (including phenoxy) is 1. The first-order valence-corrected chi connectivity index (χ1v) is 6.17. The lowest BCUT2D eigenvalue weighted by Gasteiger charge is -2.10. The second-order valence-corrected chi connectivity index (χ2v) is 4.13. The van der Waals surface area contributed by atoms with Crippen molar-refractivity contribution in [2.24, 2.45) is 0 Å². The Morgan fingerprint density at radius 2 is 2.20 bits per heavy atom. The van der Waals surface area contributed by atoms with E-state index in [2.05, 4.69) is 0 Å². The molecule has 1 heterocycles. The van der Waals surface area contributed by atoms with E-state index in [-0.39, 0.29) is 18.7 Å². The summed E-state index contributed by atoms with van der Waals surface area (Å²) in [6.45, 7) is 2.17. The van der Waals surface area contributed by atoms with Crippen LogP contribution < -0.4 is 0 Å². The minimum atomic E-state index is -0.557. The molecule has 0 bridgehead atoms. The first-order chi connectivity index (χ1) is 9.67. The van der Waals surface area contributed by atoms with Gasteiger partial charge < -0.3 is 9.30 Å². The van der Waals surface area contributed by atoms with Gasteiger partial charge >= 0.3 is 5.97 Å². The van der Waals surface area contributed by atoms with Gasteiger partial charge in [0.1, 0.15) is 17.6 Å². The van der Waals surface area contributed by atoms with Crippen molar-refractivity contribution >= 4 is 5.97 Å². The predicted octanol–water partition coefficient (Wildman–Crippen LogP) is 2.72. The molecule has 0 aliphatic rings. The third-order valence-electron chi connectivity index (χ3n) is 2.85. The Kier molecular flexibility index (Phi) is 4.16. The number of benzene rings is 1. The Hall–Kier alpha value is -2.61. The maximum atomic E-state index is 14.0. The molecule has 0 spiro atoms. The van der Waals surface area contributed by atoms with Crippen molar-refractivity contribution in [1.82, 2.24) is 4.57 Å². The van der Waals surface area contributed by atoms with E-state index in [1.807, 2.05) is 0 Å². The summed E-state index contributed by atoms with van der Waals surface area (Å²) in [6, 6.07) is 9.73. The number of carbonyl (C=O) groups excluding carboxylic acids is 1. The van der Waals surface area contributed by atoms with E-state index >= 15 is 0 Å². The van der Waals surface area contributed by atoms with E-state index in [0.29, 0.717) is 11.3 Å². The molecule has 0 unspecified atom stereocenters. The molecule has 0 aliphatic heterocycles. The van der Waals surface area contributed by atoms with Crippen LogP contribution in [0, 0.1) is 17.1 Å². The minimum Gasteiger partial charge on any atom is -0.461 e. The first kappa shape index (κ1) is 13.8. The zero-order valence-corrected chi connectivity index (χ0v) is 11.0. The normalized spacial score (nSPS) is 10.1. The van der Waals surface area contributed by atoms with Crippen LogP contribution in [0.25, 0.3) is 0 Å². The Labute approximate surface area is 116 Å². The highest BCUT2D eigenvalue weighted by Crippen LogP contribution is 2.15. The number of esters is 1. The quantitative estimate of drug-likeness (QED) is 0.804. The largest absolute Gasteiger partial charge is 0.461 e. The molecule has 4 nitrogen and oxygen atoms in total. The fourth-order valence-corrected chi connectivity index (χ4v) is 1.91. The highest BCUT2D eigenvalue weighted by Gasteiger charge is 2.14. The molecule has 2 rings (SSSR count). The molecule has 0 fully saturated rings. The molecular formula is C15H13FN2O2. The van der Waals surface area contributed by atoms with Crippen molar-refractivity contribution in [3.63, 3.8) is 0 Å². The van der Waals surface area contributed by atoms with Gasteiger partial charge in [0.15, 0.2) is 0 Å². The summed E-state index contributed by atoms with van der Waals surface area (Å²) in [4.78, 5) is 11.7. The number of aromatic nitrogens is 1. The molecule has 0 aliphatic carbocycles. The SMILES string of the molecule is CCOC(=O)c1cccn1Cc1cccc(C#N)c1F. The van der Waals surface area contributed by atoms with Gasteiger partial charge in [0.2, 0.25) is 0 Å².